The van der Waals surface area contributed by atoms with Crippen molar-refractivity contribution in [2.75, 3.05) is 26.7 Å². The maximum Gasteiger partial charge on any atom is 0.217 e. The van der Waals surface area contributed by atoms with E-state index in [0.29, 0.717) is 12.3 Å². The van der Waals surface area contributed by atoms with E-state index in [1.807, 2.05) is 26.0 Å². The summed E-state index contributed by atoms with van der Waals surface area (Å²) in [4.78, 5) is 17.8. The van der Waals surface area contributed by atoms with E-state index in [2.05, 4.69) is 27.3 Å². The average Bonchev–Trinajstić information content (AvgIpc) is 2.59. The summed E-state index contributed by atoms with van der Waals surface area (Å²) in [5.74, 6) is 1.92. The van der Waals surface area contributed by atoms with Crippen LogP contribution in [-0.4, -0.2) is 49.6 Å². The largest absolute Gasteiger partial charge is 0.491 e. The van der Waals surface area contributed by atoms with Crippen LogP contribution in [0, 0.1) is 5.92 Å². The molecule has 1 saturated heterocycles. The van der Waals surface area contributed by atoms with E-state index >= 15 is 0 Å². The number of carbonyl (C=O) groups excluding carboxylic acids is 1. The normalized spacial score (nSPS) is 18.1. The molecule has 2 rings (SSSR count). The Hall–Kier alpha value is -2.24. The molecule has 0 aliphatic carbocycles. The van der Waals surface area contributed by atoms with Gasteiger partial charge in [-0.05, 0) is 56.7 Å². The molecule has 0 aromatic heterocycles. The Balaban J connectivity index is 1.80. The van der Waals surface area contributed by atoms with Gasteiger partial charge in [0.2, 0.25) is 5.91 Å². The zero-order valence-corrected chi connectivity index (χ0v) is 16.2. The zero-order valence-electron chi connectivity index (χ0n) is 16.2. The van der Waals surface area contributed by atoms with Crippen LogP contribution in [0.4, 0.5) is 0 Å². The van der Waals surface area contributed by atoms with E-state index in [1.54, 1.807) is 7.05 Å². The lowest BCUT2D eigenvalue weighted by atomic mass is 9.95. The molecule has 0 saturated carbocycles. The zero-order chi connectivity index (χ0) is 18.9. The molecule has 144 valence electrons. The Kier molecular flexibility index (Phi) is 7.75. The molecule has 6 nitrogen and oxygen atoms in total. The van der Waals surface area contributed by atoms with Gasteiger partial charge in [-0.15, -0.1) is 0 Å². The third-order valence-corrected chi connectivity index (χ3v) is 4.51. The van der Waals surface area contributed by atoms with E-state index in [-0.39, 0.29) is 12.0 Å². The Labute approximate surface area is 156 Å². The van der Waals surface area contributed by atoms with E-state index in [9.17, 15) is 4.79 Å². The van der Waals surface area contributed by atoms with E-state index < -0.39 is 0 Å². The van der Waals surface area contributed by atoms with Crippen molar-refractivity contribution < 1.29 is 9.53 Å². The number of carbonyl (C=O) groups is 1. The number of nitrogens with one attached hydrogen (secondary N) is 1. The van der Waals surface area contributed by atoms with E-state index in [4.69, 9.17) is 10.5 Å². The van der Waals surface area contributed by atoms with Gasteiger partial charge < -0.3 is 20.7 Å². The SMILES string of the molecule is CN=C(NCCc1ccc(OC(C)C)cc1)N1CCCC(CC(N)=O)C1. The summed E-state index contributed by atoms with van der Waals surface area (Å²) < 4.78 is 5.67. The minimum absolute atomic E-state index is 0.189. The number of aliphatic imine (C=N–C) groups is 1. The van der Waals surface area contributed by atoms with Crippen LogP contribution < -0.4 is 15.8 Å². The monoisotopic (exact) mass is 360 g/mol. The first-order chi connectivity index (χ1) is 12.5. The van der Waals surface area contributed by atoms with Crippen molar-refractivity contribution in [3.8, 4) is 5.75 Å². The van der Waals surface area contributed by atoms with Gasteiger partial charge in [-0.3, -0.25) is 9.79 Å². The van der Waals surface area contributed by atoms with Crippen LogP contribution in [0.1, 0.15) is 38.7 Å². The van der Waals surface area contributed by atoms with Crippen molar-refractivity contribution >= 4 is 11.9 Å². The van der Waals surface area contributed by atoms with Crippen molar-refractivity contribution in [2.24, 2.45) is 16.6 Å². The third-order valence-electron chi connectivity index (χ3n) is 4.51. The minimum Gasteiger partial charge on any atom is -0.491 e. The molecule has 0 bridgehead atoms. The quantitative estimate of drug-likeness (QED) is 0.577. The molecule has 1 fully saturated rings. The van der Waals surface area contributed by atoms with Gasteiger partial charge in [0.05, 0.1) is 6.10 Å². The summed E-state index contributed by atoms with van der Waals surface area (Å²) in [6, 6.07) is 8.24. The fraction of sp³-hybridized carbons (Fsp3) is 0.600. The second kappa shape index (κ2) is 10.0. The molecule has 1 amide bonds. The van der Waals surface area contributed by atoms with Crippen molar-refractivity contribution in [3.05, 3.63) is 29.8 Å². The van der Waals surface area contributed by atoms with Crippen LogP contribution in [0.2, 0.25) is 0 Å². The lowest BCUT2D eigenvalue weighted by molar-refractivity contribution is -0.119. The average molecular weight is 361 g/mol. The smallest absolute Gasteiger partial charge is 0.217 e. The molecule has 0 radical (unpaired) electrons. The minimum atomic E-state index is -0.218. The molecule has 1 aromatic rings. The fourth-order valence-corrected chi connectivity index (χ4v) is 3.37. The number of ether oxygens (including phenoxy) is 1. The molecule has 1 aliphatic rings. The number of nitrogens with zero attached hydrogens (tertiary/aromatic N) is 2. The van der Waals surface area contributed by atoms with Gasteiger partial charge in [0.25, 0.3) is 0 Å². The van der Waals surface area contributed by atoms with E-state index in [1.165, 1.54) is 5.56 Å². The highest BCUT2D eigenvalue weighted by Gasteiger charge is 2.23. The number of hydrogen-bond acceptors (Lipinski definition) is 3. The number of hydrogen-bond donors (Lipinski definition) is 2. The number of likely N-dealkylation sites (tertiary alicyclic amines) is 1. The van der Waals surface area contributed by atoms with Crippen LogP contribution in [-0.2, 0) is 11.2 Å². The summed E-state index contributed by atoms with van der Waals surface area (Å²) in [5.41, 5.74) is 6.61. The van der Waals surface area contributed by atoms with Crippen molar-refractivity contribution in [3.63, 3.8) is 0 Å². The summed E-state index contributed by atoms with van der Waals surface area (Å²) in [6.45, 7) is 6.67. The summed E-state index contributed by atoms with van der Waals surface area (Å²) in [7, 11) is 1.80. The molecule has 1 atom stereocenters. The number of piperidine rings is 1. The van der Waals surface area contributed by atoms with Crippen LogP contribution in [0.3, 0.4) is 0 Å². The molecule has 1 aliphatic heterocycles. The number of primary amides is 1. The lowest BCUT2D eigenvalue weighted by Crippen LogP contribution is -2.47. The summed E-state index contributed by atoms with van der Waals surface area (Å²) in [5, 5.41) is 3.44. The second-order valence-electron chi connectivity index (χ2n) is 7.16. The molecular weight excluding hydrogens is 328 g/mol. The standard InChI is InChI=1S/C20H32N4O2/c1-15(2)26-18-8-6-16(7-9-18)10-11-23-20(22-3)24-12-4-5-17(14-24)13-19(21)25/h6-9,15,17H,4-5,10-14H2,1-3H3,(H2,21,25)(H,22,23). The molecule has 0 spiro atoms. The Morgan fingerprint density at radius 1 is 1.38 bits per heavy atom. The molecule has 1 unspecified atom stereocenters. The number of amides is 1. The summed E-state index contributed by atoms with van der Waals surface area (Å²) in [6.07, 6.45) is 3.68. The highest BCUT2D eigenvalue weighted by atomic mass is 16.5. The first-order valence-corrected chi connectivity index (χ1v) is 9.47. The topological polar surface area (TPSA) is 80.0 Å². The number of benzene rings is 1. The molecule has 3 N–H and O–H groups in total. The maximum atomic E-state index is 11.2. The lowest BCUT2D eigenvalue weighted by Gasteiger charge is -2.34. The first-order valence-electron chi connectivity index (χ1n) is 9.47. The number of rotatable bonds is 7. The van der Waals surface area contributed by atoms with Crippen LogP contribution in [0.15, 0.2) is 29.3 Å². The van der Waals surface area contributed by atoms with Gasteiger partial charge in [0.15, 0.2) is 5.96 Å². The van der Waals surface area contributed by atoms with Gasteiger partial charge in [0, 0.05) is 33.1 Å². The van der Waals surface area contributed by atoms with E-state index in [0.717, 1.165) is 50.6 Å². The fourth-order valence-electron chi connectivity index (χ4n) is 3.37. The highest BCUT2D eigenvalue weighted by Crippen LogP contribution is 2.19. The van der Waals surface area contributed by atoms with Gasteiger partial charge in [-0.2, -0.15) is 0 Å². The predicted molar refractivity (Wildman–Crippen MR) is 105 cm³/mol. The highest BCUT2D eigenvalue weighted by molar-refractivity contribution is 5.80. The van der Waals surface area contributed by atoms with Gasteiger partial charge in [0.1, 0.15) is 5.75 Å². The van der Waals surface area contributed by atoms with Crippen molar-refractivity contribution in [2.45, 2.75) is 45.6 Å². The van der Waals surface area contributed by atoms with Crippen LogP contribution >= 0.6 is 0 Å². The first kappa shape index (κ1) is 20.1. The maximum absolute atomic E-state index is 11.2. The molecular formula is C20H32N4O2. The molecule has 1 heterocycles. The molecule has 6 heteroatoms. The Bertz CT molecular complexity index is 598. The van der Waals surface area contributed by atoms with Gasteiger partial charge in [-0.1, -0.05) is 12.1 Å². The van der Waals surface area contributed by atoms with Crippen molar-refractivity contribution in [1.29, 1.82) is 0 Å². The predicted octanol–water partition coefficient (Wildman–Crippen LogP) is 2.18. The Morgan fingerprint density at radius 3 is 2.73 bits per heavy atom. The third kappa shape index (κ3) is 6.58. The number of guanidine groups is 1. The summed E-state index contributed by atoms with van der Waals surface area (Å²) >= 11 is 0. The van der Waals surface area contributed by atoms with Crippen molar-refractivity contribution in [1.82, 2.24) is 10.2 Å². The molecule has 1 aromatic carbocycles. The number of nitrogens with two attached hydrogens (primary N) is 1. The second-order valence-corrected chi connectivity index (χ2v) is 7.16. The van der Waals surface area contributed by atoms with Gasteiger partial charge >= 0.3 is 0 Å². The molecule has 26 heavy (non-hydrogen) atoms. The van der Waals surface area contributed by atoms with Crippen LogP contribution in [0.5, 0.6) is 5.75 Å². The van der Waals surface area contributed by atoms with Gasteiger partial charge in [-0.25, -0.2) is 0 Å². The van der Waals surface area contributed by atoms with Crippen LogP contribution in [0.25, 0.3) is 0 Å². The Morgan fingerprint density at radius 2 is 2.12 bits per heavy atom.